The molecule has 0 fully saturated rings. The van der Waals surface area contributed by atoms with E-state index in [1.54, 1.807) is 0 Å². The van der Waals surface area contributed by atoms with Gasteiger partial charge in [0.2, 0.25) is 0 Å². The second-order valence-electron chi connectivity index (χ2n) is 32.5. The molecule has 0 heterocycles. The molecule has 0 aliphatic rings. The average Bonchev–Trinajstić information content (AvgIpc) is 0.883. The summed E-state index contributed by atoms with van der Waals surface area (Å²) >= 11 is 0. The Kier molecular flexibility index (Phi) is 112. The van der Waals surface area contributed by atoms with Gasteiger partial charge in [0.1, 0.15) is 0 Å². The molecule has 121 heavy (non-hydrogen) atoms. The van der Waals surface area contributed by atoms with Crippen molar-refractivity contribution in [3.63, 3.8) is 0 Å². The zero-order valence-corrected chi connectivity index (χ0v) is 82.4. The molecular weight excluding hydrogens is 1530 g/mol. The Bertz CT molecular complexity index is 1630. The van der Waals surface area contributed by atoms with Crippen molar-refractivity contribution in [1.82, 2.24) is 63.8 Å². The van der Waals surface area contributed by atoms with Crippen LogP contribution in [0.5, 0.6) is 0 Å². The fraction of sp³-hybridized carbons (Fsp3) is 1.00. The van der Waals surface area contributed by atoms with Crippen LogP contribution in [-0.2, 0) is 56.8 Å². The van der Waals surface area contributed by atoms with Crippen molar-refractivity contribution in [1.29, 1.82) is 0 Å². The predicted octanol–water partition coefficient (Wildman–Crippen LogP) is 18.3. The van der Waals surface area contributed by atoms with Crippen molar-refractivity contribution < 1.29 is 56.8 Å². The lowest BCUT2D eigenvalue weighted by molar-refractivity contribution is -0.500. The lowest BCUT2D eigenvalue weighted by Gasteiger charge is -2.32. The molecule has 0 amide bonds. The van der Waals surface area contributed by atoms with E-state index in [4.69, 9.17) is 56.8 Å². The smallest absolute Gasteiger partial charge is 0.317 e. The topological polar surface area (TPSA) is 255 Å². The molecule has 24 nitrogen and oxygen atoms in total. The highest BCUT2D eigenvalue weighted by molar-refractivity contribution is 4.62. The van der Waals surface area contributed by atoms with E-state index in [2.05, 4.69) is 147 Å². The minimum absolute atomic E-state index is 0.458. The zero-order valence-electron chi connectivity index (χ0n) is 82.4. The van der Waals surface area contributed by atoms with Gasteiger partial charge in [-0.15, -0.1) is 0 Å². The standard InChI is InChI=1S/C39H84N4O4.C33H72N4O4.C25H56N4O4/c1-5-9-29-42-33-21-13-17-25-37-46-39(44-35-23-15-11-19-31-40-27-7-3,45-36-24-16-12-20-32-41-28-8-4)47-38-26-18-14-22-34-43-30-10-6-2;1-5-34-25-17-9-13-21-29-38-33(39-30-22-14-10-18-26-35-6-2,40-31-23-15-11-19-27-36-7-3)41-32-24-16-12-20-28-37-8-4;1-5-9-13-26-17-21-30-25(31-22-18-27-14-10-6-2,32-23-19-28-15-11-7-3)33-24-20-29-16-12-8-4/h40-43H,5-38H2,1-4H3;34-37H,5-32H2,1-4H3;26-29H,5-24H2,1-4H3. The summed E-state index contributed by atoms with van der Waals surface area (Å²) in [7, 11) is 0. The van der Waals surface area contributed by atoms with Gasteiger partial charge in [0.15, 0.2) is 0 Å². The van der Waals surface area contributed by atoms with Crippen LogP contribution in [0.3, 0.4) is 0 Å². The Labute approximate surface area is 750 Å². The maximum Gasteiger partial charge on any atom is 0.412 e. The molecule has 732 valence electrons. The maximum atomic E-state index is 6.40. The first-order valence-electron chi connectivity index (χ1n) is 51.9. The second kappa shape index (κ2) is 110. The highest BCUT2D eigenvalue weighted by Gasteiger charge is 2.38. The molecule has 0 unspecified atom stereocenters. The molecule has 0 saturated heterocycles. The molecule has 24 heteroatoms. The highest BCUT2D eigenvalue weighted by atomic mass is 17.0. The van der Waals surface area contributed by atoms with E-state index >= 15 is 0 Å². The van der Waals surface area contributed by atoms with Gasteiger partial charge in [-0.2, -0.15) is 0 Å². The van der Waals surface area contributed by atoms with Crippen LogP contribution in [0, 0.1) is 0 Å². The third-order valence-corrected chi connectivity index (χ3v) is 20.5. The molecule has 0 aromatic carbocycles. The Balaban J connectivity index is -0.00000175. The normalized spacial score (nSPS) is 12.0. The monoisotopic (exact) mass is 1740 g/mol. The minimum atomic E-state index is -1.47. The third-order valence-electron chi connectivity index (χ3n) is 20.5. The van der Waals surface area contributed by atoms with Gasteiger partial charge in [-0.25, -0.2) is 0 Å². The molecule has 0 radical (unpaired) electrons. The summed E-state index contributed by atoms with van der Waals surface area (Å²) in [4.78, 5) is 0. The summed E-state index contributed by atoms with van der Waals surface area (Å²) in [6, 6.07) is 0. The molecule has 12 N–H and O–H groups in total. The van der Waals surface area contributed by atoms with Gasteiger partial charge in [0, 0.05) is 26.2 Å². The van der Waals surface area contributed by atoms with Crippen LogP contribution < -0.4 is 63.8 Å². The van der Waals surface area contributed by atoms with Crippen LogP contribution in [0.25, 0.3) is 0 Å². The molecule has 0 aromatic heterocycles. The van der Waals surface area contributed by atoms with E-state index in [-0.39, 0.29) is 0 Å². The number of hydrogen-bond acceptors (Lipinski definition) is 24. The molecule has 0 rings (SSSR count). The summed E-state index contributed by atoms with van der Waals surface area (Å²) in [6.07, 6.45) is 49.0. The average molecular weight is 1740 g/mol. The predicted molar refractivity (Wildman–Crippen MR) is 515 cm³/mol. The van der Waals surface area contributed by atoms with Crippen LogP contribution in [-0.4, -0.2) is 255 Å². The highest BCUT2D eigenvalue weighted by Crippen LogP contribution is 2.25. The number of ether oxygens (including phenoxy) is 12. The lowest BCUT2D eigenvalue weighted by atomic mass is 10.2. The Hall–Kier alpha value is -0.960. The molecule has 0 aliphatic carbocycles. The van der Waals surface area contributed by atoms with Crippen molar-refractivity contribution in [2.45, 2.75) is 397 Å². The van der Waals surface area contributed by atoms with Gasteiger partial charge in [-0.05, 0) is 285 Å². The van der Waals surface area contributed by atoms with Crippen LogP contribution in [0.15, 0.2) is 0 Å². The van der Waals surface area contributed by atoms with Crippen molar-refractivity contribution in [3.05, 3.63) is 0 Å². The van der Waals surface area contributed by atoms with E-state index in [0.717, 1.165) is 285 Å². The summed E-state index contributed by atoms with van der Waals surface area (Å²) in [6.45, 7) is 57.2. The molecule has 0 saturated carbocycles. The zero-order chi connectivity index (χ0) is 88.5. The quantitative estimate of drug-likeness (QED) is 0.0200. The summed E-state index contributed by atoms with van der Waals surface area (Å²) in [5.74, 6) is 0. The molecule has 0 aliphatic heterocycles. The number of rotatable bonds is 106. The van der Waals surface area contributed by atoms with E-state index in [0.29, 0.717) is 79.3 Å². The van der Waals surface area contributed by atoms with Crippen LogP contribution >= 0.6 is 0 Å². The number of hydrogen-bond donors (Lipinski definition) is 12. The second-order valence-corrected chi connectivity index (χ2v) is 32.5. The van der Waals surface area contributed by atoms with Crippen LogP contribution in [0.4, 0.5) is 0 Å². The van der Waals surface area contributed by atoms with Crippen LogP contribution in [0.1, 0.15) is 378 Å². The van der Waals surface area contributed by atoms with Gasteiger partial charge in [-0.3, -0.25) is 0 Å². The first-order chi connectivity index (χ1) is 59.7. The first-order valence-corrected chi connectivity index (χ1v) is 51.9. The molecule has 0 spiro atoms. The first kappa shape index (κ1) is 124. The van der Waals surface area contributed by atoms with Gasteiger partial charge < -0.3 is 121 Å². The maximum absolute atomic E-state index is 6.40. The van der Waals surface area contributed by atoms with Crippen molar-refractivity contribution in [2.24, 2.45) is 0 Å². The van der Waals surface area contributed by atoms with Crippen LogP contribution in [0.2, 0.25) is 0 Å². The largest absolute Gasteiger partial charge is 0.412 e. The van der Waals surface area contributed by atoms with Gasteiger partial charge in [0.05, 0.1) is 79.3 Å². The fourth-order valence-electron chi connectivity index (χ4n) is 12.8. The molecule has 0 aromatic rings. The van der Waals surface area contributed by atoms with E-state index < -0.39 is 18.5 Å². The van der Waals surface area contributed by atoms with E-state index in [1.165, 1.54) is 167 Å². The minimum Gasteiger partial charge on any atom is -0.317 e. The molecule has 0 bridgehead atoms. The van der Waals surface area contributed by atoms with Crippen molar-refractivity contribution in [2.75, 3.05) is 236 Å². The van der Waals surface area contributed by atoms with Gasteiger partial charge >= 0.3 is 18.5 Å². The van der Waals surface area contributed by atoms with Crippen molar-refractivity contribution >= 4 is 0 Å². The lowest BCUT2D eigenvalue weighted by Crippen LogP contribution is -2.47. The number of unbranched alkanes of at least 4 members (excludes halogenated alkanes) is 30. The summed E-state index contributed by atoms with van der Waals surface area (Å²) in [5.41, 5.74) is 0. The van der Waals surface area contributed by atoms with Gasteiger partial charge in [0.25, 0.3) is 0 Å². The summed E-state index contributed by atoms with van der Waals surface area (Å²) < 4.78 is 75.2. The Morgan fingerprint density at radius 1 is 0.116 bits per heavy atom. The van der Waals surface area contributed by atoms with E-state index in [1.807, 2.05) is 0 Å². The van der Waals surface area contributed by atoms with Gasteiger partial charge in [-0.1, -0.05) is 224 Å². The fourth-order valence-corrected chi connectivity index (χ4v) is 12.8. The van der Waals surface area contributed by atoms with E-state index in [9.17, 15) is 0 Å². The Morgan fingerprint density at radius 2 is 0.248 bits per heavy atom. The third kappa shape index (κ3) is 97.9. The molecule has 0 atom stereocenters. The van der Waals surface area contributed by atoms with Crippen molar-refractivity contribution in [3.8, 4) is 0 Å². The molecular formula is C97H212N12O12. The SMILES string of the molecule is CCCCNCCCCCCOC(OCCCCCCNCCC)(OCCCCCCNCCC)OCCCCCCNCCCC.CCCCNCCOC(OCCNCCCC)(OCCNCCCC)OCCNCCCC.CCNCCCCCCOC(OCCCCCCNCC)(OCCCCCCNCC)OCCCCCCNCC. The number of nitrogens with one attached hydrogen (secondary N) is 12. The Morgan fingerprint density at radius 3 is 0.405 bits per heavy atom. The summed E-state index contributed by atoms with van der Waals surface area (Å²) in [5, 5.41) is 41.3.